The van der Waals surface area contributed by atoms with Crippen molar-refractivity contribution in [2.75, 3.05) is 53.2 Å². The normalized spacial score (nSPS) is 10.6. The summed E-state index contributed by atoms with van der Waals surface area (Å²) in [5.74, 6) is -0.594. The number of methoxy groups -OCH3 is 1. The first kappa shape index (κ1) is 21.5. The third kappa shape index (κ3) is 13.8. The summed E-state index contributed by atoms with van der Waals surface area (Å²) in [6.45, 7) is 5.31. The minimum absolute atomic E-state index is 0.0244. The van der Waals surface area contributed by atoms with Gasteiger partial charge in [-0.15, -0.1) is 0 Å². The first-order valence-electron chi connectivity index (χ1n) is 7.68. The molecule has 0 aliphatic rings. The number of Topliss-reactive ketones (excluding diaryl/α,β-unsaturated/α-hetero) is 1. The van der Waals surface area contributed by atoms with Gasteiger partial charge in [-0.25, -0.2) is 0 Å². The van der Waals surface area contributed by atoms with Crippen molar-refractivity contribution >= 4 is 17.6 Å². The number of ketones is 1. The van der Waals surface area contributed by atoms with Crippen molar-refractivity contribution < 1.29 is 28.6 Å². The average Bonchev–Trinajstić information content (AvgIpc) is 2.52. The molecule has 2 amide bonds. The molecular weight excluding hydrogens is 304 g/mol. The topological polar surface area (TPSA) is 103 Å². The Balaban J connectivity index is 3.49. The van der Waals surface area contributed by atoms with E-state index in [0.717, 1.165) is 0 Å². The van der Waals surface area contributed by atoms with Crippen molar-refractivity contribution in [1.82, 2.24) is 10.6 Å². The van der Waals surface area contributed by atoms with E-state index in [4.69, 9.17) is 14.2 Å². The van der Waals surface area contributed by atoms with E-state index in [9.17, 15) is 14.4 Å². The lowest BCUT2D eigenvalue weighted by Gasteiger charge is -2.08. The van der Waals surface area contributed by atoms with Gasteiger partial charge >= 0.3 is 0 Å². The lowest BCUT2D eigenvalue weighted by Crippen LogP contribution is -2.38. The van der Waals surface area contributed by atoms with Crippen LogP contribution in [0.1, 0.15) is 20.3 Å². The van der Waals surface area contributed by atoms with E-state index in [1.54, 1.807) is 21.0 Å². The lowest BCUT2D eigenvalue weighted by atomic mass is 10.1. The van der Waals surface area contributed by atoms with Crippen LogP contribution in [0.3, 0.4) is 0 Å². The van der Waals surface area contributed by atoms with Gasteiger partial charge in [-0.3, -0.25) is 14.4 Å². The molecule has 8 heteroatoms. The molecule has 0 aromatic carbocycles. The van der Waals surface area contributed by atoms with Crippen molar-refractivity contribution in [1.29, 1.82) is 0 Å². The van der Waals surface area contributed by atoms with Gasteiger partial charge in [-0.2, -0.15) is 0 Å². The molecule has 0 aliphatic carbocycles. The first-order chi connectivity index (χ1) is 11.0. The number of carbonyl (C=O) groups is 3. The molecular formula is C15H28N2O6. The molecule has 0 bridgehead atoms. The van der Waals surface area contributed by atoms with Crippen molar-refractivity contribution in [3.8, 4) is 0 Å². The van der Waals surface area contributed by atoms with Crippen LogP contribution in [0.4, 0.5) is 0 Å². The maximum Gasteiger partial charge on any atom is 0.239 e. The summed E-state index contributed by atoms with van der Waals surface area (Å²) in [4.78, 5) is 34.2. The molecule has 0 aromatic heterocycles. The molecule has 0 saturated carbocycles. The third-order valence-corrected chi connectivity index (χ3v) is 2.81. The zero-order valence-corrected chi connectivity index (χ0v) is 14.2. The third-order valence-electron chi connectivity index (χ3n) is 2.81. The summed E-state index contributed by atoms with van der Waals surface area (Å²) in [6, 6.07) is 0. The number of rotatable bonds is 14. The Morgan fingerprint density at radius 3 is 2.30 bits per heavy atom. The van der Waals surface area contributed by atoms with Crippen LogP contribution in [0.2, 0.25) is 0 Å². The SMILES string of the molecule is COCCOCCC(=O)NCC(=O)NCCOCC(=O)C(C)C. The summed E-state index contributed by atoms with van der Waals surface area (Å²) in [5.41, 5.74) is 0. The predicted molar refractivity (Wildman–Crippen MR) is 84.0 cm³/mol. The maximum atomic E-state index is 11.5. The Labute approximate surface area is 137 Å². The van der Waals surface area contributed by atoms with Gasteiger partial charge in [0.25, 0.3) is 0 Å². The predicted octanol–water partition coefficient (Wildman–Crippen LogP) is -0.486. The second-order valence-electron chi connectivity index (χ2n) is 5.16. The second-order valence-corrected chi connectivity index (χ2v) is 5.16. The van der Waals surface area contributed by atoms with Crippen LogP contribution in [0.15, 0.2) is 0 Å². The monoisotopic (exact) mass is 332 g/mol. The van der Waals surface area contributed by atoms with Crippen molar-refractivity contribution in [3.63, 3.8) is 0 Å². The van der Waals surface area contributed by atoms with E-state index in [0.29, 0.717) is 19.8 Å². The van der Waals surface area contributed by atoms with Crippen molar-refractivity contribution in [3.05, 3.63) is 0 Å². The van der Waals surface area contributed by atoms with E-state index in [-0.39, 0.29) is 56.3 Å². The molecule has 2 N–H and O–H groups in total. The maximum absolute atomic E-state index is 11.5. The molecule has 0 spiro atoms. The van der Waals surface area contributed by atoms with Crippen molar-refractivity contribution in [2.45, 2.75) is 20.3 Å². The van der Waals surface area contributed by atoms with Gasteiger partial charge in [0, 0.05) is 26.0 Å². The fraction of sp³-hybridized carbons (Fsp3) is 0.800. The molecule has 8 nitrogen and oxygen atoms in total. The van der Waals surface area contributed by atoms with Gasteiger partial charge < -0.3 is 24.8 Å². The van der Waals surface area contributed by atoms with Gasteiger partial charge in [0.2, 0.25) is 11.8 Å². The van der Waals surface area contributed by atoms with Gasteiger partial charge in [-0.05, 0) is 0 Å². The number of ether oxygens (including phenoxy) is 3. The highest BCUT2D eigenvalue weighted by atomic mass is 16.5. The Morgan fingerprint density at radius 2 is 1.65 bits per heavy atom. The Morgan fingerprint density at radius 1 is 0.913 bits per heavy atom. The van der Waals surface area contributed by atoms with Crippen molar-refractivity contribution in [2.24, 2.45) is 5.92 Å². The lowest BCUT2D eigenvalue weighted by molar-refractivity contribution is -0.127. The highest BCUT2D eigenvalue weighted by Gasteiger charge is 2.07. The zero-order valence-electron chi connectivity index (χ0n) is 14.2. The number of amides is 2. The standard InChI is InChI=1S/C15H28N2O6/c1-12(2)13(18)11-23-7-5-16-15(20)10-17-14(19)4-6-22-9-8-21-3/h12H,4-11H2,1-3H3,(H,16,20)(H,17,19). The van der Waals surface area contributed by atoms with Crippen LogP contribution in [0, 0.1) is 5.92 Å². The van der Waals surface area contributed by atoms with E-state index in [2.05, 4.69) is 10.6 Å². The van der Waals surface area contributed by atoms with E-state index in [1.807, 2.05) is 0 Å². The van der Waals surface area contributed by atoms with Gasteiger partial charge in [0.05, 0.1) is 33.0 Å². The summed E-state index contributed by atoms with van der Waals surface area (Å²) in [7, 11) is 1.57. The van der Waals surface area contributed by atoms with E-state index >= 15 is 0 Å². The van der Waals surface area contributed by atoms with Crippen LogP contribution in [0.25, 0.3) is 0 Å². The minimum atomic E-state index is -0.308. The number of hydrogen-bond donors (Lipinski definition) is 2. The summed E-state index contributed by atoms with van der Waals surface area (Å²) in [6.07, 6.45) is 0.192. The molecule has 0 aliphatic heterocycles. The smallest absolute Gasteiger partial charge is 0.239 e. The van der Waals surface area contributed by atoms with Crippen LogP contribution >= 0.6 is 0 Å². The fourth-order valence-corrected chi connectivity index (χ4v) is 1.34. The van der Waals surface area contributed by atoms with E-state index < -0.39 is 0 Å². The van der Waals surface area contributed by atoms with Crippen LogP contribution in [-0.2, 0) is 28.6 Å². The van der Waals surface area contributed by atoms with Gasteiger partial charge in [0.1, 0.15) is 6.61 Å². The zero-order chi connectivity index (χ0) is 17.5. The summed E-state index contributed by atoms with van der Waals surface area (Å²) in [5, 5.41) is 5.08. The number of hydrogen-bond acceptors (Lipinski definition) is 6. The average molecular weight is 332 g/mol. The molecule has 0 rings (SSSR count). The summed E-state index contributed by atoms with van der Waals surface area (Å²) < 4.78 is 15.1. The quantitative estimate of drug-likeness (QED) is 0.416. The minimum Gasteiger partial charge on any atom is -0.382 e. The molecule has 134 valence electrons. The van der Waals surface area contributed by atoms with Gasteiger partial charge in [-0.1, -0.05) is 13.8 Å². The molecule has 0 atom stereocenters. The molecule has 0 saturated heterocycles. The number of nitrogens with one attached hydrogen (secondary N) is 2. The highest BCUT2D eigenvalue weighted by molar-refractivity contribution is 5.84. The van der Waals surface area contributed by atoms with Gasteiger partial charge in [0.15, 0.2) is 5.78 Å². The molecule has 0 aromatic rings. The Hall–Kier alpha value is -1.51. The molecule has 0 radical (unpaired) electrons. The largest absolute Gasteiger partial charge is 0.382 e. The first-order valence-corrected chi connectivity index (χ1v) is 7.68. The van der Waals surface area contributed by atoms with Crippen LogP contribution in [0.5, 0.6) is 0 Å². The molecule has 0 unspecified atom stereocenters. The number of carbonyl (C=O) groups excluding carboxylic acids is 3. The van der Waals surface area contributed by atoms with Crippen LogP contribution in [-0.4, -0.2) is 70.8 Å². The molecule has 23 heavy (non-hydrogen) atoms. The Bertz CT molecular complexity index is 360. The highest BCUT2D eigenvalue weighted by Crippen LogP contribution is 1.93. The van der Waals surface area contributed by atoms with Crippen LogP contribution < -0.4 is 10.6 Å². The van der Waals surface area contributed by atoms with E-state index in [1.165, 1.54) is 0 Å². The fourth-order valence-electron chi connectivity index (χ4n) is 1.34. The molecule has 0 fully saturated rings. The Kier molecular flexibility index (Phi) is 13.2. The second kappa shape index (κ2) is 14.1. The molecule has 0 heterocycles. The summed E-state index contributed by atoms with van der Waals surface area (Å²) >= 11 is 0.